The first-order chi connectivity index (χ1) is 13.3. The maximum Gasteiger partial charge on any atom is 0.353 e. The van der Waals surface area contributed by atoms with E-state index in [2.05, 4.69) is 20.1 Å². The van der Waals surface area contributed by atoms with Gasteiger partial charge in [0.05, 0.1) is 0 Å². The molecule has 0 radical (unpaired) electrons. The quantitative estimate of drug-likeness (QED) is 0.336. The summed E-state index contributed by atoms with van der Waals surface area (Å²) in [6, 6.07) is 10.3. The van der Waals surface area contributed by atoms with Crippen molar-refractivity contribution in [3.05, 3.63) is 54.1 Å². The van der Waals surface area contributed by atoms with E-state index < -0.39 is 11.9 Å². The highest BCUT2D eigenvalue weighted by atomic mass is 16.5. The Morgan fingerprint density at radius 2 is 1.46 bits per heavy atom. The Hall–Kier alpha value is -3.38. The van der Waals surface area contributed by atoms with Gasteiger partial charge in [0.1, 0.15) is 35.1 Å². The zero-order chi connectivity index (χ0) is 21.1. The van der Waals surface area contributed by atoms with Crippen LogP contribution in [-0.2, 0) is 14.3 Å². The van der Waals surface area contributed by atoms with E-state index in [1.54, 1.807) is 24.3 Å². The summed E-state index contributed by atoms with van der Waals surface area (Å²) in [6.45, 7) is 10.7. The number of esters is 2. The molecule has 0 unspecified atom stereocenters. The van der Waals surface area contributed by atoms with Crippen LogP contribution in [0, 0.1) is 35.5 Å². The van der Waals surface area contributed by atoms with E-state index in [0.717, 1.165) is 37.2 Å². The lowest BCUT2D eigenvalue weighted by atomic mass is 9.89. The van der Waals surface area contributed by atoms with Crippen molar-refractivity contribution in [2.45, 2.75) is 45.6 Å². The van der Waals surface area contributed by atoms with E-state index in [1.165, 1.54) is 0 Å². The smallest absolute Gasteiger partial charge is 0.353 e. The number of ether oxygens (including phenoxy) is 2. The van der Waals surface area contributed by atoms with E-state index in [4.69, 9.17) is 20.0 Å². The standard InChI is InChI=1S/C11H15NO2.C11H9NO2/c2*1-8-3-5-10(6-4-8)14-11(13)9(2)7-12/h8,10H,2-6H2,1H3;3-6H,2H2,1H3. The summed E-state index contributed by atoms with van der Waals surface area (Å²) in [7, 11) is 0. The normalized spacial score (nSPS) is 17.6. The maximum atomic E-state index is 11.2. The van der Waals surface area contributed by atoms with Gasteiger partial charge in [0.25, 0.3) is 0 Å². The molecule has 0 saturated heterocycles. The molecule has 0 N–H and O–H groups in total. The van der Waals surface area contributed by atoms with Gasteiger partial charge in [-0.05, 0) is 50.7 Å². The fourth-order valence-corrected chi connectivity index (χ4v) is 2.44. The fraction of sp³-hybridized carbons (Fsp3) is 0.364. The summed E-state index contributed by atoms with van der Waals surface area (Å²) in [5.41, 5.74) is 0.762. The summed E-state index contributed by atoms with van der Waals surface area (Å²) < 4.78 is 9.99. The summed E-state index contributed by atoms with van der Waals surface area (Å²) in [5, 5.41) is 16.8. The number of rotatable bonds is 4. The van der Waals surface area contributed by atoms with Gasteiger partial charge >= 0.3 is 11.9 Å². The minimum Gasteiger partial charge on any atom is -0.458 e. The SMILES string of the molecule is C=C(C#N)C(=O)OC1CCC(C)CC1.C=C(C#N)C(=O)Oc1ccc(C)cc1. The molecule has 1 aromatic rings. The van der Waals surface area contributed by atoms with Gasteiger partial charge < -0.3 is 9.47 Å². The third-order valence-electron chi connectivity index (χ3n) is 4.23. The number of carbonyl (C=O) groups is 2. The molecule has 1 aliphatic carbocycles. The van der Waals surface area contributed by atoms with Gasteiger partial charge in [0, 0.05) is 0 Å². The topological polar surface area (TPSA) is 100 Å². The summed E-state index contributed by atoms with van der Waals surface area (Å²) >= 11 is 0. The lowest BCUT2D eigenvalue weighted by Gasteiger charge is -2.25. The van der Waals surface area contributed by atoms with Crippen molar-refractivity contribution in [1.82, 2.24) is 0 Å². The zero-order valence-corrected chi connectivity index (χ0v) is 16.2. The molecule has 0 aliphatic heterocycles. The van der Waals surface area contributed by atoms with Crippen molar-refractivity contribution in [2.24, 2.45) is 5.92 Å². The van der Waals surface area contributed by atoms with E-state index in [1.807, 2.05) is 19.1 Å². The Morgan fingerprint density at radius 1 is 0.964 bits per heavy atom. The van der Waals surface area contributed by atoms with E-state index in [-0.39, 0.29) is 17.3 Å². The highest BCUT2D eigenvalue weighted by molar-refractivity contribution is 5.93. The molecule has 0 bridgehead atoms. The second kappa shape index (κ2) is 11.4. The fourth-order valence-electron chi connectivity index (χ4n) is 2.44. The summed E-state index contributed by atoms with van der Waals surface area (Å²) in [6.07, 6.45) is 3.99. The molecule has 0 aromatic heterocycles. The third-order valence-corrected chi connectivity index (χ3v) is 4.23. The van der Waals surface area contributed by atoms with Crippen LogP contribution in [0.5, 0.6) is 5.75 Å². The predicted octanol–water partition coefficient (Wildman–Crippen LogP) is 4.17. The Labute approximate surface area is 165 Å². The van der Waals surface area contributed by atoms with Gasteiger partial charge in [0.2, 0.25) is 0 Å². The van der Waals surface area contributed by atoms with Gasteiger partial charge in [-0.15, -0.1) is 0 Å². The predicted molar refractivity (Wildman–Crippen MR) is 104 cm³/mol. The number of aryl methyl sites for hydroxylation is 1. The van der Waals surface area contributed by atoms with Crippen LogP contribution < -0.4 is 4.74 Å². The molecule has 1 fully saturated rings. The number of nitriles is 2. The number of benzene rings is 1. The van der Waals surface area contributed by atoms with Crippen molar-refractivity contribution in [3.63, 3.8) is 0 Å². The van der Waals surface area contributed by atoms with Gasteiger partial charge in [-0.2, -0.15) is 10.5 Å². The molecule has 1 aromatic carbocycles. The highest BCUT2D eigenvalue weighted by Gasteiger charge is 2.22. The maximum absolute atomic E-state index is 11.2. The minimum atomic E-state index is -0.712. The second-order valence-electron chi connectivity index (χ2n) is 6.67. The van der Waals surface area contributed by atoms with Crippen LogP contribution in [0.3, 0.4) is 0 Å². The van der Waals surface area contributed by atoms with Crippen LogP contribution in [0.25, 0.3) is 0 Å². The highest BCUT2D eigenvalue weighted by Crippen LogP contribution is 2.25. The Kier molecular flexibility index (Phi) is 9.19. The number of carbonyl (C=O) groups excluding carboxylic acids is 2. The molecule has 0 spiro atoms. The van der Waals surface area contributed by atoms with Crippen LogP contribution in [0.15, 0.2) is 48.6 Å². The zero-order valence-electron chi connectivity index (χ0n) is 16.2. The van der Waals surface area contributed by atoms with Gasteiger partial charge in [-0.25, -0.2) is 9.59 Å². The van der Waals surface area contributed by atoms with E-state index in [9.17, 15) is 9.59 Å². The number of nitrogens with zero attached hydrogens (tertiary/aromatic N) is 2. The Bertz CT molecular complexity index is 804. The van der Waals surface area contributed by atoms with Crippen molar-refractivity contribution in [1.29, 1.82) is 10.5 Å². The van der Waals surface area contributed by atoms with Crippen molar-refractivity contribution in [3.8, 4) is 17.9 Å². The van der Waals surface area contributed by atoms with Gasteiger partial charge in [-0.1, -0.05) is 37.8 Å². The monoisotopic (exact) mass is 380 g/mol. The minimum absolute atomic E-state index is 0.0104. The first-order valence-electron chi connectivity index (χ1n) is 8.94. The Balaban J connectivity index is 0.000000280. The van der Waals surface area contributed by atoms with E-state index >= 15 is 0 Å². The van der Waals surface area contributed by atoms with Crippen LogP contribution in [0.1, 0.15) is 38.2 Å². The molecule has 1 saturated carbocycles. The third kappa shape index (κ3) is 7.88. The average molecular weight is 380 g/mol. The van der Waals surface area contributed by atoms with Crippen LogP contribution in [-0.4, -0.2) is 18.0 Å². The average Bonchev–Trinajstić information content (AvgIpc) is 2.70. The molecule has 1 aliphatic rings. The molecule has 0 amide bonds. The first kappa shape index (κ1) is 22.7. The van der Waals surface area contributed by atoms with Crippen molar-refractivity contribution in [2.75, 3.05) is 0 Å². The van der Waals surface area contributed by atoms with Crippen LogP contribution in [0.2, 0.25) is 0 Å². The van der Waals surface area contributed by atoms with Crippen LogP contribution >= 0.6 is 0 Å². The van der Waals surface area contributed by atoms with Crippen molar-refractivity contribution < 1.29 is 19.1 Å². The summed E-state index contributed by atoms with van der Waals surface area (Å²) in [4.78, 5) is 22.3. The van der Waals surface area contributed by atoms with Crippen molar-refractivity contribution >= 4 is 11.9 Å². The lowest BCUT2D eigenvalue weighted by molar-refractivity contribution is -0.145. The first-order valence-corrected chi connectivity index (χ1v) is 8.94. The Morgan fingerprint density at radius 3 is 1.96 bits per heavy atom. The van der Waals surface area contributed by atoms with Gasteiger partial charge in [-0.3, -0.25) is 0 Å². The molecule has 6 heteroatoms. The molecule has 6 nitrogen and oxygen atoms in total. The molecule has 146 valence electrons. The molecule has 2 rings (SSSR count). The molecule has 28 heavy (non-hydrogen) atoms. The van der Waals surface area contributed by atoms with Gasteiger partial charge in [0.15, 0.2) is 0 Å². The largest absolute Gasteiger partial charge is 0.458 e. The lowest BCUT2D eigenvalue weighted by Crippen LogP contribution is -2.23. The molecule has 0 atom stereocenters. The molecule has 0 heterocycles. The molecular weight excluding hydrogens is 356 g/mol. The summed E-state index contributed by atoms with van der Waals surface area (Å²) in [5.74, 6) is -0.135. The molecular formula is C22H24N2O4. The van der Waals surface area contributed by atoms with Crippen LogP contribution in [0.4, 0.5) is 0 Å². The number of hydrogen-bond donors (Lipinski definition) is 0. The van der Waals surface area contributed by atoms with E-state index in [0.29, 0.717) is 5.75 Å². The number of hydrogen-bond acceptors (Lipinski definition) is 6. The second-order valence-corrected chi connectivity index (χ2v) is 6.67.